The van der Waals surface area contributed by atoms with Crippen molar-refractivity contribution in [1.82, 2.24) is 0 Å². The van der Waals surface area contributed by atoms with Crippen molar-refractivity contribution in [2.45, 2.75) is 13.8 Å². The van der Waals surface area contributed by atoms with E-state index in [9.17, 15) is 19.5 Å². The molecule has 0 atom stereocenters. The number of aliphatic hydroxyl groups is 1. The van der Waals surface area contributed by atoms with E-state index in [-0.39, 0.29) is 17.1 Å². The Morgan fingerprint density at radius 1 is 1.13 bits per heavy atom. The molecule has 0 aliphatic carbocycles. The maximum Gasteiger partial charge on any atom is 0.269 e. The first kappa shape index (κ1) is 14.8. The molecule has 0 saturated carbocycles. The molecule has 1 aliphatic heterocycles. The first-order valence-electron chi connectivity index (χ1n) is 6.88. The third-order valence-corrected chi connectivity index (χ3v) is 3.68. The third kappa shape index (κ3) is 2.24. The van der Waals surface area contributed by atoms with E-state index in [0.29, 0.717) is 22.4 Å². The molecule has 2 heterocycles. The molecule has 3 rings (SSSR count). The van der Waals surface area contributed by atoms with Gasteiger partial charge in [0.2, 0.25) is 5.91 Å². The van der Waals surface area contributed by atoms with Gasteiger partial charge in [-0.15, -0.1) is 0 Å². The molecule has 0 fully saturated rings. The molecule has 0 spiro atoms. The molecule has 23 heavy (non-hydrogen) atoms. The highest BCUT2D eigenvalue weighted by atomic mass is 16.3. The maximum atomic E-state index is 12.6. The molecule has 1 aromatic carbocycles. The van der Waals surface area contributed by atoms with Gasteiger partial charge in [-0.2, -0.15) is 0 Å². The van der Waals surface area contributed by atoms with Crippen LogP contribution in [0.2, 0.25) is 0 Å². The average Bonchev–Trinajstić information content (AvgIpc) is 3.10. The Morgan fingerprint density at radius 3 is 2.43 bits per heavy atom. The van der Waals surface area contributed by atoms with Crippen LogP contribution < -0.4 is 4.90 Å². The summed E-state index contributed by atoms with van der Waals surface area (Å²) in [5.41, 5.74) is 1.37. The first-order valence-corrected chi connectivity index (χ1v) is 6.88. The highest BCUT2D eigenvalue weighted by Crippen LogP contribution is 2.40. The van der Waals surface area contributed by atoms with Gasteiger partial charge in [-0.05, 0) is 31.2 Å². The van der Waals surface area contributed by atoms with Crippen molar-refractivity contribution in [2.24, 2.45) is 0 Å². The smallest absolute Gasteiger partial charge is 0.269 e. The predicted molar refractivity (Wildman–Crippen MR) is 82.8 cm³/mol. The van der Waals surface area contributed by atoms with E-state index in [4.69, 9.17) is 4.42 Å². The maximum absolute atomic E-state index is 12.6. The van der Waals surface area contributed by atoms with Crippen LogP contribution in [0.5, 0.6) is 0 Å². The molecule has 1 aromatic heterocycles. The molecule has 2 aromatic rings. The lowest BCUT2D eigenvalue weighted by Gasteiger charge is -2.12. The minimum atomic E-state index is -0.632. The highest BCUT2D eigenvalue weighted by Gasteiger charge is 2.38. The molecule has 0 saturated heterocycles. The molecule has 116 valence electrons. The van der Waals surface area contributed by atoms with Crippen LogP contribution in [0.15, 0.2) is 41.2 Å². The number of carbonyl (C=O) groups excluding carboxylic acids is 3. The summed E-state index contributed by atoms with van der Waals surface area (Å²) >= 11 is 0. The lowest BCUT2D eigenvalue weighted by atomic mass is 10.00. The lowest BCUT2D eigenvalue weighted by molar-refractivity contribution is -0.122. The van der Waals surface area contributed by atoms with E-state index < -0.39 is 11.8 Å². The second-order valence-electron chi connectivity index (χ2n) is 5.18. The van der Waals surface area contributed by atoms with E-state index in [2.05, 4.69) is 0 Å². The summed E-state index contributed by atoms with van der Waals surface area (Å²) in [5.74, 6) is -1.58. The number of hydrogen-bond donors (Lipinski definition) is 1. The standard InChI is InChI=1S/C17H13NO5/c1-9(19)11-3-4-14-13(7-11)15(17(22)18(14)10(2)20)16(21)12-5-6-23-8-12/h3-8,21H,1-2H3. The minimum Gasteiger partial charge on any atom is -0.506 e. The van der Waals surface area contributed by atoms with Gasteiger partial charge in [0.1, 0.15) is 12.0 Å². The number of anilines is 1. The highest BCUT2D eigenvalue weighted by molar-refractivity contribution is 6.42. The van der Waals surface area contributed by atoms with Crippen molar-refractivity contribution in [1.29, 1.82) is 0 Å². The van der Waals surface area contributed by atoms with Crippen molar-refractivity contribution in [2.75, 3.05) is 4.90 Å². The number of hydrogen-bond acceptors (Lipinski definition) is 5. The van der Waals surface area contributed by atoms with Gasteiger partial charge in [0.15, 0.2) is 5.78 Å². The number of aliphatic hydroxyl groups excluding tert-OH is 1. The molecule has 0 unspecified atom stereocenters. The number of amides is 2. The number of carbonyl (C=O) groups is 3. The summed E-state index contributed by atoms with van der Waals surface area (Å²) in [6.07, 6.45) is 2.65. The van der Waals surface area contributed by atoms with E-state index >= 15 is 0 Å². The molecular formula is C17H13NO5. The van der Waals surface area contributed by atoms with Gasteiger partial charge in [-0.25, -0.2) is 4.90 Å². The fourth-order valence-electron chi connectivity index (χ4n) is 2.57. The lowest BCUT2D eigenvalue weighted by Crippen LogP contribution is -2.31. The Morgan fingerprint density at radius 2 is 1.87 bits per heavy atom. The van der Waals surface area contributed by atoms with Gasteiger partial charge in [0.25, 0.3) is 5.91 Å². The van der Waals surface area contributed by atoms with E-state index in [1.165, 1.54) is 44.6 Å². The summed E-state index contributed by atoms with van der Waals surface area (Å²) in [5, 5.41) is 10.4. The second-order valence-corrected chi connectivity index (χ2v) is 5.18. The van der Waals surface area contributed by atoms with Crippen LogP contribution in [0.3, 0.4) is 0 Å². The van der Waals surface area contributed by atoms with Crippen LogP contribution in [0.25, 0.3) is 11.3 Å². The summed E-state index contributed by atoms with van der Waals surface area (Å²) in [4.78, 5) is 37.0. The molecule has 0 radical (unpaired) electrons. The second kappa shape index (κ2) is 5.24. The van der Waals surface area contributed by atoms with Crippen LogP contribution in [0, 0.1) is 0 Å². The molecule has 0 bridgehead atoms. The summed E-state index contributed by atoms with van der Waals surface area (Å²) in [6, 6.07) is 6.08. The minimum absolute atomic E-state index is 0.0281. The zero-order valence-electron chi connectivity index (χ0n) is 12.5. The number of benzene rings is 1. The largest absolute Gasteiger partial charge is 0.506 e. The van der Waals surface area contributed by atoms with Crippen molar-refractivity contribution in [3.8, 4) is 0 Å². The van der Waals surface area contributed by atoms with Crippen molar-refractivity contribution in [3.63, 3.8) is 0 Å². The fraction of sp³-hybridized carbons (Fsp3) is 0.118. The topological polar surface area (TPSA) is 87.8 Å². The quantitative estimate of drug-likeness (QED) is 0.523. The zero-order valence-corrected chi connectivity index (χ0v) is 12.5. The normalized spacial score (nSPS) is 15.6. The van der Waals surface area contributed by atoms with Gasteiger partial charge in [-0.3, -0.25) is 14.4 Å². The summed E-state index contributed by atoms with van der Waals surface area (Å²) < 4.78 is 4.91. The van der Waals surface area contributed by atoms with Crippen LogP contribution >= 0.6 is 0 Å². The van der Waals surface area contributed by atoms with Crippen LogP contribution in [-0.2, 0) is 9.59 Å². The van der Waals surface area contributed by atoms with Crippen molar-refractivity contribution in [3.05, 3.63) is 53.5 Å². The molecule has 1 N–H and O–H groups in total. The van der Waals surface area contributed by atoms with Gasteiger partial charge in [0.05, 0.1) is 23.1 Å². The Hall–Kier alpha value is -3.15. The fourth-order valence-corrected chi connectivity index (χ4v) is 2.57. The number of rotatable bonds is 2. The number of imide groups is 1. The van der Waals surface area contributed by atoms with Gasteiger partial charge in [-0.1, -0.05) is 0 Å². The Kier molecular flexibility index (Phi) is 3.37. The van der Waals surface area contributed by atoms with Crippen molar-refractivity contribution >= 4 is 34.6 Å². The number of ketones is 1. The summed E-state index contributed by atoms with van der Waals surface area (Å²) in [7, 11) is 0. The first-order chi connectivity index (χ1) is 10.9. The molecule has 6 nitrogen and oxygen atoms in total. The monoisotopic (exact) mass is 311 g/mol. The van der Waals surface area contributed by atoms with Gasteiger partial charge < -0.3 is 9.52 Å². The molecule has 1 aliphatic rings. The van der Waals surface area contributed by atoms with Crippen molar-refractivity contribution < 1.29 is 23.9 Å². The number of nitrogens with zero attached hydrogens (tertiary/aromatic N) is 1. The number of Topliss-reactive ketones (excluding diaryl/α,β-unsaturated/α-hetero) is 1. The Balaban J connectivity index is 2.29. The predicted octanol–water partition coefficient (Wildman–Crippen LogP) is 2.80. The van der Waals surface area contributed by atoms with E-state index in [1.54, 1.807) is 6.07 Å². The van der Waals surface area contributed by atoms with E-state index in [0.717, 1.165) is 4.90 Å². The molecule has 6 heteroatoms. The average molecular weight is 311 g/mol. The van der Waals surface area contributed by atoms with Crippen LogP contribution in [-0.4, -0.2) is 22.7 Å². The molecular weight excluding hydrogens is 298 g/mol. The number of furan rings is 1. The molecule has 2 amide bonds. The third-order valence-electron chi connectivity index (χ3n) is 3.68. The van der Waals surface area contributed by atoms with Gasteiger partial charge in [0, 0.05) is 18.1 Å². The van der Waals surface area contributed by atoms with Crippen LogP contribution in [0.4, 0.5) is 5.69 Å². The van der Waals surface area contributed by atoms with Gasteiger partial charge >= 0.3 is 0 Å². The number of fused-ring (bicyclic) bond motifs is 1. The zero-order chi connectivity index (χ0) is 16.7. The van der Waals surface area contributed by atoms with E-state index in [1.807, 2.05) is 0 Å². The Labute approximate surface area is 131 Å². The SMILES string of the molecule is CC(=O)c1ccc2c(c1)C(=C(O)c1ccoc1)C(=O)N2C(C)=O. The summed E-state index contributed by atoms with van der Waals surface area (Å²) in [6.45, 7) is 2.67. The Bertz CT molecular complexity index is 861. The van der Waals surface area contributed by atoms with Crippen LogP contribution in [0.1, 0.15) is 35.3 Å².